The van der Waals surface area contributed by atoms with E-state index in [1.165, 1.54) is 18.2 Å². The molecule has 0 amide bonds. The Morgan fingerprint density at radius 1 is 0.583 bits per heavy atom. The van der Waals surface area contributed by atoms with Crippen molar-refractivity contribution < 1.29 is 62.2 Å². The molecule has 0 saturated carbocycles. The molecule has 1 nitrogen and oxygen atoms in total. The van der Waals surface area contributed by atoms with Gasteiger partial charge in [-0.1, -0.05) is 61.5 Å². The van der Waals surface area contributed by atoms with Crippen LogP contribution in [0.15, 0.2) is 54.6 Å². The number of aliphatic hydroxyl groups is 1. The lowest BCUT2D eigenvalue weighted by Gasteiger charge is -2.42. The number of hydrogen-bond donors (Lipinski definition) is 1. The summed E-state index contributed by atoms with van der Waals surface area (Å²) in [5.74, 6) is -37.7. The van der Waals surface area contributed by atoms with Crippen molar-refractivity contribution in [3.05, 3.63) is 71.3 Å². The van der Waals surface area contributed by atoms with Crippen LogP contribution in [0.4, 0.5) is 57.1 Å². The summed E-state index contributed by atoms with van der Waals surface area (Å²) in [7, 11) is 0. The summed E-state index contributed by atoms with van der Waals surface area (Å²) < 4.78 is 176. The summed E-state index contributed by atoms with van der Waals surface area (Å²) in [4.78, 5) is 0. The van der Waals surface area contributed by atoms with Gasteiger partial charge in [0.1, 0.15) is 5.60 Å². The normalized spacial score (nSPS) is 16.1. The lowest BCUT2D eigenvalue weighted by Crippen LogP contribution is -2.70. The van der Waals surface area contributed by atoms with Crippen molar-refractivity contribution in [1.29, 1.82) is 0 Å². The van der Waals surface area contributed by atoms with Gasteiger partial charge in [0.2, 0.25) is 0 Å². The molecule has 1 atom stereocenters. The molecule has 2 aromatic carbocycles. The van der Waals surface area contributed by atoms with Gasteiger partial charge in [-0.05, 0) is 23.1 Å². The fraction of sp³-hybridized carbons (Fsp3) is 0.455. The first-order valence-electron chi connectivity index (χ1n) is 9.93. The van der Waals surface area contributed by atoms with Crippen LogP contribution in [0.25, 0.3) is 0 Å². The number of alkyl halides is 13. The third-order valence-corrected chi connectivity index (χ3v) is 5.54. The summed E-state index contributed by atoms with van der Waals surface area (Å²) >= 11 is 0. The van der Waals surface area contributed by atoms with E-state index in [0.717, 1.165) is 36.4 Å². The van der Waals surface area contributed by atoms with Crippen LogP contribution in [-0.2, 0) is 12.0 Å². The molecule has 0 heterocycles. The second-order valence-corrected chi connectivity index (χ2v) is 7.96. The number of benzene rings is 2. The second kappa shape index (κ2) is 9.10. The Labute approximate surface area is 195 Å². The third kappa shape index (κ3) is 4.52. The van der Waals surface area contributed by atoms with Crippen molar-refractivity contribution in [2.24, 2.45) is 0 Å². The highest BCUT2D eigenvalue weighted by Gasteiger charge is 2.90. The van der Waals surface area contributed by atoms with Gasteiger partial charge in [0.15, 0.2) is 0 Å². The molecule has 0 bridgehead atoms. The Bertz CT molecular complexity index is 1050. The zero-order valence-electron chi connectivity index (χ0n) is 18.0. The molecular weight excluding hydrogens is 527 g/mol. The molecule has 2 rings (SSSR count). The van der Waals surface area contributed by atoms with Crippen molar-refractivity contribution in [2.45, 2.75) is 61.2 Å². The lowest BCUT2D eigenvalue weighted by atomic mass is 9.78. The highest BCUT2D eigenvalue weighted by molar-refractivity contribution is 5.39. The minimum atomic E-state index is -8.00. The van der Waals surface area contributed by atoms with Gasteiger partial charge in [0, 0.05) is 0 Å². The van der Waals surface area contributed by atoms with Gasteiger partial charge < -0.3 is 5.11 Å². The first-order valence-corrected chi connectivity index (χ1v) is 9.93. The molecule has 0 aromatic heterocycles. The second-order valence-electron chi connectivity index (χ2n) is 7.96. The first-order chi connectivity index (χ1) is 16.1. The average molecular weight is 544 g/mol. The maximum absolute atomic E-state index is 14.7. The van der Waals surface area contributed by atoms with Gasteiger partial charge >= 0.3 is 35.8 Å². The first kappa shape index (κ1) is 29.7. The smallest absolute Gasteiger partial charge is 0.380 e. The van der Waals surface area contributed by atoms with Crippen LogP contribution in [0.2, 0.25) is 0 Å². The van der Waals surface area contributed by atoms with Crippen LogP contribution < -0.4 is 0 Å². The molecule has 0 saturated heterocycles. The summed E-state index contributed by atoms with van der Waals surface area (Å²) in [5, 5.41) is 11.1. The molecule has 202 valence electrons. The topological polar surface area (TPSA) is 20.2 Å². The summed E-state index contributed by atoms with van der Waals surface area (Å²) in [5.41, 5.74) is -4.15. The molecule has 0 aliphatic rings. The minimum absolute atomic E-state index is 0.210. The molecule has 0 fully saturated rings. The van der Waals surface area contributed by atoms with Crippen LogP contribution in [0, 0.1) is 0 Å². The van der Waals surface area contributed by atoms with E-state index < -0.39 is 58.9 Å². The number of halogens is 13. The van der Waals surface area contributed by atoms with E-state index >= 15 is 0 Å². The van der Waals surface area contributed by atoms with E-state index in [1.807, 2.05) is 0 Å². The summed E-state index contributed by atoms with van der Waals surface area (Å²) in [6, 6.07) is 9.85. The average Bonchev–Trinajstić information content (AvgIpc) is 2.78. The molecule has 1 unspecified atom stereocenters. The van der Waals surface area contributed by atoms with Crippen LogP contribution in [0.3, 0.4) is 0 Å². The Morgan fingerprint density at radius 2 is 1.06 bits per heavy atom. The van der Waals surface area contributed by atoms with Crippen LogP contribution in [-0.4, -0.2) is 40.9 Å². The van der Waals surface area contributed by atoms with Crippen LogP contribution in [0.5, 0.6) is 0 Å². The van der Waals surface area contributed by atoms with Gasteiger partial charge in [0.05, 0.1) is 6.42 Å². The van der Waals surface area contributed by atoms with E-state index in [9.17, 15) is 62.2 Å². The number of aryl methyl sites for hydroxylation is 1. The minimum Gasteiger partial charge on any atom is -0.380 e. The molecule has 0 aliphatic carbocycles. The fourth-order valence-corrected chi connectivity index (χ4v) is 3.37. The molecule has 0 radical (unpaired) electrons. The molecule has 1 N–H and O–H groups in total. The Morgan fingerprint density at radius 3 is 1.53 bits per heavy atom. The monoisotopic (exact) mass is 544 g/mol. The maximum Gasteiger partial charge on any atom is 0.460 e. The highest BCUT2D eigenvalue weighted by Crippen LogP contribution is 2.61. The predicted molar refractivity (Wildman–Crippen MR) is 101 cm³/mol. The van der Waals surface area contributed by atoms with Crippen LogP contribution in [0.1, 0.15) is 30.0 Å². The zero-order chi connectivity index (χ0) is 28.0. The van der Waals surface area contributed by atoms with Crippen molar-refractivity contribution >= 4 is 0 Å². The van der Waals surface area contributed by atoms with Crippen molar-refractivity contribution in [2.75, 3.05) is 0 Å². The van der Waals surface area contributed by atoms with Crippen molar-refractivity contribution in [3.63, 3.8) is 0 Å². The van der Waals surface area contributed by atoms with Gasteiger partial charge in [-0.2, -0.15) is 57.1 Å². The van der Waals surface area contributed by atoms with E-state index in [-0.39, 0.29) is 6.42 Å². The van der Waals surface area contributed by atoms with Crippen molar-refractivity contribution in [1.82, 2.24) is 0 Å². The molecule has 36 heavy (non-hydrogen) atoms. The van der Waals surface area contributed by atoms with E-state index in [0.29, 0.717) is 5.56 Å². The molecule has 0 aliphatic heterocycles. The Kier molecular flexibility index (Phi) is 7.52. The lowest BCUT2D eigenvalue weighted by molar-refractivity contribution is -0.441. The summed E-state index contributed by atoms with van der Waals surface area (Å²) in [6.45, 7) is 1.56. The number of hydrogen-bond acceptors (Lipinski definition) is 1. The van der Waals surface area contributed by atoms with Gasteiger partial charge in [-0.3, -0.25) is 0 Å². The van der Waals surface area contributed by atoms with Crippen molar-refractivity contribution in [3.8, 4) is 0 Å². The quantitative estimate of drug-likeness (QED) is 0.322. The van der Waals surface area contributed by atoms with Gasteiger partial charge in [0.25, 0.3) is 0 Å². The maximum atomic E-state index is 14.7. The third-order valence-electron chi connectivity index (χ3n) is 5.54. The standard InChI is InChI=1S/C22H17F13O/c1-2-13-7-6-10-15(11-13)16(36,14-8-4-3-5-9-14)12-17(23,24)18(25,26)19(27,28)20(29,30)21(31,32)22(33,34)35/h3-11,36H,2,12H2,1H3. The largest absolute Gasteiger partial charge is 0.460 e. The SMILES string of the molecule is CCc1cccc(C(O)(CC(F)(F)C(F)(F)C(F)(F)C(F)(F)C(F)(F)C(F)(F)F)c2ccccc2)c1. The molecule has 2 aromatic rings. The molecular formula is C22H17F13O. The summed E-state index contributed by atoms with van der Waals surface area (Å²) in [6.07, 6.45) is -10.1. The van der Waals surface area contributed by atoms with Crippen LogP contribution >= 0.6 is 0 Å². The number of rotatable bonds is 9. The predicted octanol–water partition coefficient (Wildman–Crippen LogP) is 7.61. The van der Waals surface area contributed by atoms with Gasteiger partial charge in [-0.25, -0.2) is 0 Å². The van der Waals surface area contributed by atoms with Gasteiger partial charge in [-0.15, -0.1) is 0 Å². The van der Waals surface area contributed by atoms with E-state index in [4.69, 9.17) is 0 Å². The Balaban J connectivity index is 2.68. The highest BCUT2D eigenvalue weighted by atomic mass is 19.4. The fourth-order valence-electron chi connectivity index (χ4n) is 3.37. The Hall–Kier alpha value is -2.51. The zero-order valence-corrected chi connectivity index (χ0v) is 18.0. The molecule has 14 heteroatoms. The van der Waals surface area contributed by atoms with E-state index in [1.54, 1.807) is 6.92 Å². The van der Waals surface area contributed by atoms with E-state index in [2.05, 4.69) is 0 Å². The molecule has 0 spiro atoms.